The Morgan fingerprint density at radius 3 is 2.69 bits per heavy atom. The van der Waals surface area contributed by atoms with E-state index in [0.29, 0.717) is 35.6 Å². The lowest BCUT2D eigenvalue weighted by molar-refractivity contribution is -0.132. The molecule has 0 radical (unpaired) electrons. The van der Waals surface area contributed by atoms with Crippen molar-refractivity contribution in [2.75, 3.05) is 0 Å². The van der Waals surface area contributed by atoms with Crippen molar-refractivity contribution in [2.45, 2.75) is 38.4 Å². The van der Waals surface area contributed by atoms with Crippen LogP contribution in [0.2, 0.25) is 5.02 Å². The van der Waals surface area contributed by atoms with Crippen LogP contribution in [0.15, 0.2) is 60.6 Å². The fraction of sp³-hybridized carbons (Fsp3) is 0.304. The summed E-state index contributed by atoms with van der Waals surface area (Å²) in [6.07, 6.45) is 2.44. The topological polar surface area (TPSA) is 61.8 Å². The summed E-state index contributed by atoms with van der Waals surface area (Å²) in [5.74, 6) is 0.0764. The number of rotatable bonds is 4. The molecular weight excluding hydrogens is 392 g/mol. The number of esters is 1. The van der Waals surface area contributed by atoms with Crippen LogP contribution in [0.4, 0.5) is 0 Å². The molecule has 2 aliphatic rings. The van der Waals surface area contributed by atoms with Gasteiger partial charge in [-0.2, -0.15) is 0 Å². The third kappa shape index (κ3) is 4.46. The summed E-state index contributed by atoms with van der Waals surface area (Å²) in [5, 5.41) is 0.562. The predicted molar refractivity (Wildman–Crippen MR) is 108 cm³/mol. The van der Waals surface area contributed by atoms with Gasteiger partial charge in [0.2, 0.25) is 11.5 Å². The van der Waals surface area contributed by atoms with Gasteiger partial charge in [0, 0.05) is 11.4 Å². The summed E-state index contributed by atoms with van der Waals surface area (Å²) in [6, 6.07) is 14.1. The van der Waals surface area contributed by atoms with E-state index in [1.54, 1.807) is 30.3 Å². The molecule has 0 bridgehead atoms. The third-order valence-corrected chi connectivity index (χ3v) is 5.50. The molecule has 1 saturated carbocycles. The van der Waals surface area contributed by atoms with Crippen LogP contribution in [-0.2, 0) is 14.3 Å². The van der Waals surface area contributed by atoms with Crippen LogP contribution in [0.1, 0.15) is 35.2 Å². The van der Waals surface area contributed by atoms with Gasteiger partial charge in [0.15, 0.2) is 0 Å². The largest absolute Gasteiger partial charge is 0.493 e. The van der Waals surface area contributed by atoms with Gasteiger partial charge in [0.05, 0.1) is 11.5 Å². The Hall–Kier alpha value is -2.79. The van der Waals surface area contributed by atoms with E-state index in [-0.39, 0.29) is 29.7 Å². The molecular formula is C23H21ClO5. The summed E-state index contributed by atoms with van der Waals surface area (Å²) in [4.78, 5) is 25.2. The fourth-order valence-electron chi connectivity index (χ4n) is 3.73. The highest BCUT2D eigenvalue weighted by atomic mass is 35.5. The van der Waals surface area contributed by atoms with E-state index in [1.165, 1.54) is 6.26 Å². The van der Waals surface area contributed by atoms with Crippen molar-refractivity contribution in [3.05, 3.63) is 76.7 Å². The smallest absolute Gasteiger partial charge is 0.338 e. The minimum absolute atomic E-state index is 0.0646. The third-order valence-electron chi connectivity index (χ3n) is 5.24. The SMILES string of the molecule is Cc1cccc(OC2=COC3CC(OC(=O)c4ccc(Cl)cc4)CCC3C2=O)c1. The number of Topliss-reactive ketones (excluding diaryl/α,β-unsaturated/α-hetero) is 1. The highest BCUT2D eigenvalue weighted by Gasteiger charge is 2.42. The normalized spacial score (nSPS) is 23.4. The molecule has 0 spiro atoms. The Morgan fingerprint density at radius 2 is 1.93 bits per heavy atom. The van der Waals surface area contributed by atoms with Gasteiger partial charge in [0.25, 0.3) is 0 Å². The molecule has 0 N–H and O–H groups in total. The van der Waals surface area contributed by atoms with Gasteiger partial charge in [-0.15, -0.1) is 0 Å². The summed E-state index contributed by atoms with van der Waals surface area (Å²) < 4.78 is 17.1. The van der Waals surface area contributed by atoms with Gasteiger partial charge in [-0.05, 0) is 61.7 Å². The zero-order chi connectivity index (χ0) is 20.4. The van der Waals surface area contributed by atoms with Crippen LogP contribution in [0.3, 0.4) is 0 Å². The second kappa shape index (κ2) is 8.29. The molecule has 5 nitrogen and oxygen atoms in total. The first-order valence-corrected chi connectivity index (χ1v) is 9.98. The number of ether oxygens (including phenoxy) is 3. The Balaban J connectivity index is 1.38. The summed E-state index contributed by atoms with van der Waals surface area (Å²) in [5.41, 5.74) is 1.50. The zero-order valence-corrected chi connectivity index (χ0v) is 16.7. The van der Waals surface area contributed by atoms with E-state index in [0.717, 1.165) is 5.56 Å². The van der Waals surface area contributed by atoms with E-state index in [9.17, 15) is 9.59 Å². The highest BCUT2D eigenvalue weighted by Crippen LogP contribution is 2.35. The van der Waals surface area contributed by atoms with Crippen molar-refractivity contribution >= 4 is 23.4 Å². The lowest BCUT2D eigenvalue weighted by atomic mass is 9.80. The van der Waals surface area contributed by atoms with Gasteiger partial charge < -0.3 is 14.2 Å². The number of fused-ring (bicyclic) bond motifs is 1. The monoisotopic (exact) mass is 412 g/mol. The second-order valence-corrected chi connectivity index (χ2v) is 7.83. The molecule has 3 atom stereocenters. The van der Waals surface area contributed by atoms with Crippen molar-refractivity contribution in [1.82, 2.24) is 0 Å². The van der Waals surface area contributed by atoms with Gasteiger partial charge >= 0.3 is 5.97 Å². The van der Waals surface area contributed by atoms with E-state index >= 15 is 0 Å². The van der Waals surface area contributed by atoms with E-state index in [4.69, 9.17) is 25.8 Å². The molecule has 1 aliphatic carbocycles. The molecule has 2 aromatic rings. The molecule has 1 aliphatic heterocycles. The number of benzene rings is 2. The highest BCUT2D eigenvalue weighted by molar-refractivity contribution is 6.30. The average molecular weight is 413 g/mol. The van der Waals surface area contributed by atoms with Crippen molar-refractivity contribution in [1.29, 1.82) is 0 Å². The molecule has 1 fully saturated rings. The first-order valence-electron chi connectivity index (χ1n) is 9.60. The number of carbonyl (C=O) groups excluding carboxylic acids is 2. The summed E-state index contributed by atoms with van der Waals surface area (Å²) >= 11 is 5.85. The van der Waals surface area contributed by atoms with Crippen LogP contribution >= 0.6 is 11.6 Å². The first-order chi connectivity index (χ1) is 14.0. The quantitative estimate of drug-likeness (QED) is 0.671. The molecule has 0 aromatic heterocycles. The first kappa shape index (κ1) is 19.5. The summed E-state index contributed by atoms with van der Waals surface area (Å²) in [6.45, 7) is 1.96. The van der Waals surface area contributed by atoms with Gasteiger partial charge in [-0.3, -0.25) is 4.79 Å². The minimum atomic E-state index is -0.397. The number of carbonyl (C=O) groups is 2. The molecule has 150 valence electrons. The lowest BCUT2D eigenvalue weighted by Crippen LogP contribution is -2.43. The molecule has 4 rings (SSSR count). The van der Waals surface area contributed by atoms with E-state index in [2.05, 4.69) is 0 Å². The molecule has 3 unspecified atom stereocenters. The van der Waals surface area contributed by atoms with Gasteiger partial charge in [0.1, 0.15) is 24.2 Å². The number of halogens is 1. The Labute approximate surface area is 174 Å². The van der Waals surface area contributed by atoms with Crippen LogP contribution in [-0.4, -0.2) is 24.0 Å². The number of hydrogen-bond donors (Lipinski definition) is 0. The van der Waals surface area contributed by atoms with Crippen molar-refractivity contribution in [2.24, 2.45) is 5.92 Å². The molecule has 2 aromatic carbocycles. The minimum Gasteiger partial charge on any atom is -0.493 e. The molecule has 6 heteroatoms. The lowest BCUT2D eigenvalue weighted by Gasteiger charge is -2.36. The maximum atomic E-state index is 12.8. The summed E-state index contributed by atoms with van der Waals surface area (Å²) in [7, 11) is 0. The maximum absolute atomic E-state index is 12.8. The van der Waals surface area contributed by atoms with Crippen LogP contribution < -0.4 is 4.74 Å². The van der Waals surface area contributed by atoms with Crippen molar-refractivity contribution in [3.8, 4) is 5.75 Å². The van der Waals surface area contributed by atoms with Gasteiger partial charge in [-0.1, -0.05) is 23.7 Å². The Kier molecular flexibility index (Phi) is 5.58. The predicted octanol–water partition coefficient (Wildman–Crippen LogP) is 4.86. The molecule has 0 saturated heterocycles. The van der Waals surface area contributed by atoms with E-state index < -0.39 is 5.97 Å². The number of aryl methyl sites for hydroxylation is 1. The maximum Gasteiger partial charge on any atom is 0.338 e. The van der Waals surface area contributed by atoms with Crippen LogP contribution in [0, 0.1) is 12.8 Å². The van der Waals surface area contributed by atoms with Crippen molar-refractivity contribution < 1.29 is 23.8 Å². The Bertz CT molecular complexity index is 950. The number of hydrogen-bond acceptors (Lipinski definition) is 5. The zero-order valence-electron chi connectivity index (χ0n) is 16.0. The molecule has 0 amide bonds. The van der Waals surface area contributed by atoms with Crippen LogP contribution in [0.5, 0.6) is 5.75 Å². The van der Waals surface area contributed by atoms with Gasteiger partial charge in [-0.25, -0.2) is 4.79 Å². The number of allylic oxidation sites excluding steroid dienone is 1. The Morgan fingerprint density at radius 1 is 1.14 bits per heavy atom. The number of ketones is 1. The standard InChI is InChI=1S/C23H21ClO5/c1-14-3-2-4-17(11-14)28-21-13-27-20-12-18(9-10-19(20)22(21)25)29-23(26)15-5-7-16(24)8-6-15/h2-8,11,13,18-20H,9-10,12H2,1H3. The molecule has 1 heterocycles. The average Bonchev–Trinajstić information content (AvgIpc) is 2.71. The molecule has 29 heavy (non-hydrogen) atoms. The van der Waals surface area contributed by atoms with E-state index in [1.807, 2.05) is 25.1 Å². The van der Waals surface area contributed by atoms with Crippen molar-refractivity contribution in [3.63, 3.8) is 0 Å². The fourth-order valence-corrected chi connectivity index (χ4v) is 3.85. The second-order valence-electron chi connectivity index (χ2n) is 7.39. The van der Waals surface area contributed by atoms with Crippen LogP contribution in [0.25, 0.3) is 0 Å².